The summed E-state index contributed by atoms with van der Waals surface area (Å²) in [5.41, 5.74) is 3.76. The molecule has 0 spiro atoms. The molecule has 5 nitrogen and oxygen atoms in total. The molecule has 1 saturated heterocycles. The normalized spacial score (nSPS) is 17.4. The molecule has 3 aromatic rings. The van der Waals surface area contributed by atoms with Gasteiger partial charge in [-0.1, -0.05) is 55.0 Å². The topological polar surface area (TPSA) is 66.8 Å². The first-order valence-corrected chi connectivity index (χ1v) is 11.1. The van der Waals surface area contributed by atoms with Crippen molar-refractivity contribution >= 4 is 23.1 Å². The predicted molar refractivity (Wildman–Crippen MR) is 129 cm³/mol. The smallest absolute Gasteiger partial charge is 0.300 e. The van der Waals surface area contributed by atoms with Gasteiger partial charge in [-0.05, 0) is 61.7 Å². The second-order valence-corrected chi connectivity index (χ2v) is 8.25. The first-order valence-electron chi connectivity index (χ1n) is 11.1. The molecule has 1 unspecified atom stereocenters. The summed E-state index contributed by atoms with van der Waals surface area (Å²) in [6.07, 6.45) is 0.889. The Morgan fingerprint density at radius 3 is 2.39 bits per heavy atom. The molecule has 33 heavy (non-hydrogen) atoms. The van der Waals surface area contributed by atoms with Crippen LogP contribution in [0.15, 0.2) is 78.4 Å². The number of nitrogens with zero attached hydrogens (tertiary/aromatic N) is 1. The van der Waals surface area contributed by atoms with Gasteiger partial charge in [0.15, 0.2) is 0 Å². The van der Waals surface area contributed by atoms with Crippen LogP contribution in [-0.2, 0) is 9.59 Å². The van der Waals surface area contributed by atoms with Gasteiger partial charge >= 0.3 is 0 Å². The minimum Gasteiger partial charge on any atom is -0.507 e. The number of amides is 1. The number of carbonyl (C=O) groups is 2. The Kier molecular flexibility index (Phi) is 6.31. The van der Waals surface area contributed by atoms with Gasteiger partial charge in [0, 0.05) is 11.3 Å². The zero-order valence-corrected chi connectivity index (χ0v) is 19.0. The van der Waals surface area contributed by atoms with Crippen LogP contribution in [-0.4, -0.2) is 23.4 Å². The van der Waals surface area contributed by atoms with Gasteiger partial charge in [0.1, 0.15) is 11.5 Å². The number of carbonyl (C=O) groups excluding carboxylic acids is 2. The minimum atomic E-state index is -0.733. The first-order chi connectivity index (χ1) is 15.9. The largest absolute Gasteiger partial charge is 0.507 e. The third kappa shape index (κ3) is 4.27. The quantitative estimate of drug-likeness (QED) is 0.302. The zero-order valence-electron chi connectivity index (χ0n) is 19.0. The van der Waals surface area contributed by atoms with Crippen molar-refractivity contribution < 1.29 is 19.4 Å². The lowest BCUT2D eigenvalue weighted by Crippen LogP contribution is -2.29. The molecule has 0 aromatic heterocycles. The van der Waals surface area contributed by atoms with E-state index in [0.717, 1.165) is 28.9 Å². The van der Waals surface area contributed by atoms with Gasteiger partial charge in [0.05, 0.1) is 18.2 Å². The van der Waals surface area contributed by atoms with E-state index in [2.05, 4.69) is 0 Å². The van der Waals surface area contributed by atoms with Crippen LogP contribution in [0.5, 0.6) is 5.75 Å². The summed E-state index contributed by atoms with van der Waals surface area (Å²) >= 11 is 0. The number of Topliss-reactive ketones (excluding diaryl/α,β-unsaturated/α-hetero) is 1. The molecule has 0 radical (unpaired) electrons. The molecular weight excluding hydrogens is 414 g/mol. The number of aryl methyl sites for hydroxylation is 2. The molecule has 1 fully saturated rings. The van der Waals surface area contributed by atoms with Gasteiger partial charge in [0.2, 0.25) is 0 Å². The van der Waals surface area contributed by atoms with Crippen LogP contribution in [0.2, 0.25) is 0 Å². The molecule has 3 aromatic carbocycles. The van der Waals surface area contributed by atoms with Gasteiger partial charge < -0.3 is 9.84 Å². The Morgan fingerprint density at radius 1 is 0.970 bits per heavy atom. The van der Waals surface area contributed by atoms with Crippen LogP contribution in [0.3, 0.4) is 0 Å². The molecular formula is C28H27NO4. The monoisotopic (exact) mass is 441 g/mol. The number of hydrogen-bond acceptors (Lipinski definition) is 4. The molecule has 1 heterocycles. The summed E-state index contributed by atoms with van der Waals surface area (Å²) in [6, 6.07) is 21.3. The van der Waals surface area contributed by atoms with Crippen molar-refractivity contribution in [1.29, 1.82) is 0 Å². The second kappa shape index (κ2) is 9.33. The summed E-state index contributed by atoms with van der Waals surface area (Å²) in [7, 11) is 0. The van der Waals surface area contributed by atoms with Crippen LogP contribution in [0.1, 0.15) is 41.6 Å². The average molecular weight is 442 g/mol. The van der Waals surface area contributed by atoms with Crippen molar-refractivity contribution in [2.45, 2.75) is 33.2 Å². The van der Waals surface area contributed by atoms with Crippen molar-refractivity contribution in [3.63, 3.8) is 0 Å². The van der Waals surface area contributed by atoms with E-state index in [1.165, 1.54) is 4.90 Å². The van der Waals surface area contributed by atoms with E-state index in [1.54, 1.807) is 30.3 Å². The highest BCUT2D eigenvalue weighted by molar-refractivity contribution is 6.51. The number of para-hydroxylation sites is 1. The highest BCUT2D eigenvalue weighted by Gasteiger charge is 2.46. The zero-order chi connectivity index (χ0) is 23.5. The highest BCUT2D eigenvalue weighted by atomic mass is 16.5. The van der Waals surface area contributed by atoms with Crippen molar-refractivity contribution in [3.05, 3.63) is 101 Å². The molecule has 4 rings (SSSR count). The number of benzene rings is 3. The number of rotatable bonds is 6. The molecule has 0 saturated carbocycles. The lowest BCUT2D eigenvalue weighted by molar-refractivity contribution is -0.132. The van der Waals surface area contributed by atoms with E-state index in [9.17, 15) is 14.7 Å². The Bertz CT molecular complexity index is 1230. The fourth-order valence-electron chi connectivity index (χ4n) is 4.17. The van der Waals surface area contributed by atoms with Crippen LogP contribution in [0, 0.1) is 13.8 Å². The molecule has 5 heteroatoms. The Morgan fingerprint density at radius 2 is 1.73 bits per heavy atom. The van der Waals surface area contributed by atoms with Crippen LogP contribution < -0.4 is 9.64 Å². The lowest BCUT2D eigenvalue weighted by Gasteiger charge is -2.25. The Labute approximate surface area is 193 Å². The third-order valence-electron chi connectivity index (χ3n) is 5.75. The highest BCUT2D eigenvalue weighted by Crippen LogP contribution is 2.42. The molecule has 168 valence electrons. The molecule has 0 bridgehead atoms. The summed E-state index contributed by atoms with van der Waals surface area (Å²) < 4.78 is 5.74. The molecule has 1 aliphatic heterocycles. The fraction of sp³-hybridized carbons (Fsp3) is 0.214. The van der Waals surface area contributed by atoms with Gasteiger partial charge in [-0.15, -0.1) is 0 Å². The molecule has 0 aliphatic carbocycles. The predicted octanol–water partition coefficient (Wildman–Crippen LogP) is 5.72. The van der Waals surface area contributed by atoms with Gasteiger partial charge in [-0.2, -0.15) is 0 Å². The van der Waals surface area contributed by atoms with E-state index < -0.39 is 17.7 Å². The fourth-order valence-corrected chi connectivity index (χ4v) is 4.17. The maximum absolute atomic E-state index is 13.2. The van der Waals surface area contributed by atoms with E-state index in [4.69, 9.17) is 4.74 Å². The van der Waals surface area contributed by atoms with E-state index >= 15 is 0 Å². The van der Waals surface area contributed by atoms with Gasteiger partial charge in [-0.25, -0.2) is 0 Å². The van der Waals surface area contributed by atoms with E-state index in [1.807, 2.05) is 63.2 Å². The standard InChI is InChI=1S/C28H27NO4/c1-4-15-33-23-14-13-21(17-19(23)3)26(30)24-25(20-10-8-9-18(2)16-20)29(28(32)27(24)31)22-11-6-5-7-12-22/h5-14,16-17,25,30H,4,15H2,1-3H3/b26-24-. The van der Waals surface area contributed by atoms with Gasteiger partial charge in [0.25, 0.3) is 11.7 Å². The van der Waals surface area contributed by atoms with Crippen LogP contribution >= 0.6 is 0 Å². The van der Waals surface area contributed by atoms with E-state index in [0.29, 0.717) is 17.9 Å². The number of hydrogen-bond donors (Lipinski definition) is 1. The maximum Gasteiger partial charge on any atom is 0.300 e. The second-order valence-electron chi connectivity index (χ2n) is 8.25. The lowest BCUT2D eigenvalue weighted by atomic mass is 9.94. The number of ketones is 1. The Hall–Kier alpha value is -3.86. The summed E-state index contributed by atoms with van der Waals surface area (Å²) in [6.45, 7) is 6.48. The summed E-state index contributed by atoms with van der Waals surface area (Å²) in [4.78, 5) is 27.9. The molecule has 1 amide bonds. The molecule has 1 atom stereocenters. The minimum absolute atomic E-state index is 0.0797. The van der Waals surface area contributed by atoms with E-state index in [-0.39, 0.29) is 11.3 Å². The van der Waals surface area contributed by atoms with Crippen LogP contribution in [0.4, 0.5) is 5.69 Å². The molecule has 1 aliphatic rings. The SMILES string of the molecule is CCCOc1ccc(/C(O)=C2/C(=O)C(=O)N(c3ccccc3)C2c2cccc(C)c2)cc1C. The average Bonchev–Trinajstić information content (AvgIpc) is 3.09. The Balaban J connectivity index is 1.87. The first kappa shape index (κ1) is 22.3. The van der Waals surface area contributed by atoms with Crippen LogP contribution in [0.25, 0.3) is 5.76 Å². The summed E-state index contributed by atoms with van der Waals surface area (Å²) in [5.74, 6) is -0.822. The molecule has 1 N–H and O–H groups in total. The number of anilines is 1. The van der Waals surface area contributed by atoms with Crippen molar-refractivity contribution in [2.75, 3.05) is 11.5 Å². The van der Waals surface area contributed by atoms with Crippen molar-refractivity contribution in [1.82, 2.24) is 0 Å². The van der Waals surface area contributed by atoms with Crippen molar-refractivity contribution in [2.24, 2.45) is 0 Å². The number of aliphatic hydroxyl groups excluding tert-OH is 1. The maximum atomic E-state index is 13.2. The van der Waals surface area contributed by atoms with Crippen molar-refractivity contribution in [3.8, 4) is 5.75 Å². The number of ether oxygens (including phenoxy) is 1. The van der Waals surface area contributed by atoms with Gasteiger partial charge in [-0.3, -0.25) is 14.5 Å². The number of aliphatic hydroxyl groups is 1. The third-order valence-corrected chi connectivity index (χ3v) is 5.75. The summed E-state index contributed by atoms with van der Waals surface area (Å²) in [5, 5.41) is 11.3.